The molecular formula is C21H25NO4. The third kappa shape index (κ3) is 5.09. The molecule has 26 heavy (non-hydrogen) atoms. The molecule has 0 unspecified atom stereocenters. The van der Waals surface area contributed by atoms with Gasteiger partial charge >= 0.3 is 5.97 Å². The van der Waals surface area contributed by atoms with Gasteiger partial charge in [0.1, 0.15) is 5.75 Å². The molecule has 0 saturated heterocycles. The van der Waals surface area contributed by atoms with Gasteiger partial charge in [0.05, 0.1) is 12.2 Å². The van der Waals surface area contributed by atoms with E-state index in [-0.39, 0.29) is 11.9 Å². The molecule has 0 aliphatic heterocycles. The van der Waals surface area contributed by atoms with Crippen molar-refractivity contribution in [2.45, 2.75) is 40.2 Å². The predicted octanol–water partition coefficient (Wildman–Crippen LogP) is 4.28. The minimum Gasteiger partial charge on any atom is -0.481 e. The lowest BCUT2D eigenvalue weighted by atomic mass is 10.1. The smallest absolute Gasteiger partial charge is 0.338 e. The second kappa shape index (κ2) is 9.04. The van der Waals surface area contributed by atoms with Gasteiger partial charge in [-0.05, 0) is 74.7 Å². The van der Waals surface area contributed by atoms with Crippen molar-refractivity contribution < 1.29 is 19.1 Å². The van der Waals surface area contributed by atoms with Gasteiger partial charge in [0.2, 0.25) is 0 Å². The molecular weight excluding hydrogens is 330 g/mol. The molecule has 2 rings (SSSR count). The van der Waals surface area contributed by atoms with E-state index in [1.54, 1.807) is 31.2 Å². The number of ether oxygens (including phenoxy) is 2. The summed E-state index contributed by atoms with van der Waals surface area (Å²) in [5, 5.41) is 2.82. The lowest BCUT2D eigenvalue weighted by Crippen LogP contribution is -2.32. The Kier molecular flexibility index (Phi) is 6.78. The first-order valence-electron chi connectivity index (χ1n) is 8.76. The van der Waals surface area contributed by atoms with E-state index >= 15 is 0 Å². The van der Waals surface area contributed by atoms with Crippen molar-refractivity contribution in [2.24, 2.45) is 0 Å². The van der Waals surface area contributed by atoms with Crippen LogP contribution in [0.15, 0.2) is 42.5 Å². The molecule has 0 bridgehead atoms. The van der Waals surface area contributed by atoms with Gasteiger partial charge in [-0.2, -0.15) is 0 Å². The molecule has 0 aliphatic rings. The van der Waals surface area contributed by atoms with Gasteiger partial charge in [-0.15, -0.1) is 0 Å². The van der Waals surface area contributed by atoms with Crippen LogP contribution in [0, 0.1) is 13.8 Å². The SMILES string of the molecule is CCOC(=O)c1ccc(NC(=O)[C@@H](CC)Oc2ccc(C)c(C)c2)cc1. The fraction of sp³-hybridized carbons (Fsp3) is 0.333. The zero-order valence-electron chi connectivity index (χ0n) is 15.7. The summed E-state index contributed by atoms with van der Waals surface area (Å²) in [5.74, 6) is 0.0669. The quantitative estimate of drug-likeness (QED) is 0.753. The van der Waals surface area contributed by atoms with Gasteiger partial charge in [0.15, 0.2) is 6.10 Å². The number of amides is 1. The molecule has 0 heterocycles. The number of rotatable bonds is 7. The third-order valence-corrected chi connectivity index (χ3v) is 4.08. The average molecular weight is 355 g/mol. The number of anilines is 1. The highest BCUT2D eigenvalue weighted by Gasteiger charge is 2.19. The van der Waals surface area contributed by atoms with Crippen molar-refractivity contribution >= 4 is 17.6 Å². The maximum Gasteiger partial charge on any atom is 0.338 e. The van der Waals surface area contributed by atoms with E-state index in [0.29, 0.717) is 30.0 Å². The molecule has 0 fully saturated rings. The Labute approximate surface area is 154 Å². The van der Waals surface area contributed by atoms with Crippen LogP contribution in [0.4, 0.5) is 5.69 Å². The van der Waals surface area contributed by atoms with E-state index in [2.05, 4.69) is 5.32 Å². The Hall–Kier alpha value is -2.82. The monoisotopic (exact) mass is 355 g/mol. The molecule has 2 aromatic rings. The van der Waals surface area contributed by atoms with Crippen molar-refractivity contribution in [2.75, 3.05) is 11.9 Å². The van der Waals surface area contributed by atoms with Gasteiger partial charge < -0.3 is 14.8 Å². The van der Waals surface area contributed by atoms with Crippen LogP contribution in [0.3, 0.4) is 0 Å². The standard InChI is InChI=1S/C21H25NO4/c1-5-19(26-18-12-7-14(3)15(4)13-18)20(23)22-17-10-8-16(9-11-17)21(24)25-6-2/h7-13,19H,5-6H2,1-4H3,(H,22,23)/t19-/m1/s1. The van der Waals surface area contributed by atoms with Crippen molar-refractivity contribution in [1.82, 2.24) is 0 Å². The second-order valence-electron chi connectivity index (χ2n) is 6.05. The second-order valence-corrected chi connectivity index (χ2v) is 6.05. The van der Waals surface area contributed by atoms with Gasteiger partial charge in [-0.1, -0.05) is 13.0 Å². The molecule has 1 atom stereocenters. The number of hydrogen-bond acceptors (Lipinski definition) is 4. The Bertz CT molecular complexity index is 768. The summed E-state index contributed by atoms with van der Waals surface area (Å²) in [4.78, 5) is 24.2. The molecule has 1 amide bonds. The molecule has 5 heteroatoms. The highest BCUT2D eigenvalue weighted by atomic mass is 16.5. The molecule has 0 radical (unpaired) electrons. The Morgan fingerprint density at radius 2 is 1.69 bits per heavy atom. The maximum absolute atomic E-state index is 12.5. The number of esters is 1. The Morgan fingerprint density at radius 1 is 1.00 bits per heavy atom. The molecule has 138 valence electrons. The lowest BCUT2D eigenvalue weighted by molar-refractivity contribution is -0.122. The highest BCUT2D eigenvalue weighted by molar-refractivity contribution is 5.95. The van der Waals surface area contributed by atoms with Crippen molar-refractivity contribution in [3.63, 3.8) is 0 Å². The molecule has 1 N–H and O–H groups in total. The van der Waals surface area contributed by atoms with Crippen LogP contribution in [0.5, 0.6) is 5.75 Å². The lowest BCUT2D eigenvalue weighted by Gasteiger charge is -2.18. The van der Waals surface area contributed by atoms with E-state index in [1.807, 2.05) is 39.0 Å². The van der Waals surface area contributed by atoms with Gasteiger partial charge in [-0.25, -0.2) is 4.79 Å². The first-order chi connectivity index (χ1) is 12.4. The maximum atomic E-state index is 12.5. The number of carbonyl (C=O) groups is 2. The van der Waals surface area contributed by atoms with Crippen molar-refractivity contribution in [3.05, 3.63) is 59.2 Å². The molecule has 2 aromatic carbocycles. The highest BCUT2D eigenvalue weighted by Crippen LogP contribution is 2.19. The van der Waals surface area contributed by atoms with E-state index in [4.69, 9.17) is 9.47 Å². The summed E-state index contributed by atoms with van der Waals surface area (Å²) in [5.41, 5.74) is 3.34. The van der Waals surface area contributed by atoms with Crippen LogP contribution in [0.1, 0.15) is 41.8 Å². The largest absolute Gasteiger partial charge is 0.481 e. The molecule has 0 aromatic heterocycles. The van der Waals surface area contributed by atoms with Crippen molar-refractivity contribution in [1.29, 1.82) is 0 Å². The normalized spacial score (nSPS) is 11.5. The van der Waals surface area contributed by atoms with Crippen LogP contribution in [-0.2, 0) is 9.53 Å². The number of aryl methyl sites for hydroxylation is 2. The zero-order valence-corrected chi connectivity index (χ0v) is 15.7. The minimum atomic E-state index is -0.596. The van der Waals surface area contributed by atoms with E-state index in [0.717, 1.165) is 5.56 Å². The number of nitrogens with one attached hydrogen (secondary N) is 1. The third-order valence-electron chi connectivity index (χ3n) is 4.08. The summed E-state index contributed by atoms with van der Waals surface area (Å²) in [6, 6.07) is 12.4. The average Bonchev–Trinajstić information content (AvgIpc) is 2.63. The zero-order chi connectivity index (χ0) is 19.1. The number of hydrogen-bond donors (Lipinski definition) is 1. The van der Waals surface area contributed by atoms with Crippen LogP contribution in [-0.4, -0.2) is 24.6 Å². The van der Waals surface area contributed by atoms with Gasteiger partial charge in [0.25, 0.3) is 5.91 Å². The summed E-state index contributed by atoms with van der Waals surface area (Å²) in [7, 11) is 0. The Balaban J connectivity index is 2.02. The summed E-state index contributed by atoms with van der Waals surface area (Å²) >= 11 is 0. The fourth-order valence-electron chi connectivity index (χ4n) is 2.40. The summed E-state index contributed by atoms with van der Waals surface area (Å²) in [6.45, 7) is 8.02. The predicted molar refractivity (Wildman–Crippen MR) is 102 cm³/mol. The van der Waals surface area contributed by atoms with Crippen molar-refractivity contribution in [3.8, 4) is 5.75 Å². The van der Waals surface area contributed by atoms with E-state index in [1.165, 1.54) is 5.56 Å². The van der Waals surface area contributed by atoms with Gasteiger partial charge in [0, 0.05) is 5.69 Å². The number of benzene rings is 2. The van der Waals surface area contributed by atoms with Crippen LogP contribution in [0.25, 0.3) is 0 Å². The van der Waals surface area contributed by atoms with Crippen LogP contribution < -0.4 is 10.1 Å². The minimum absolute atomic E-state index is 0.227. The van der Waals surface area contributed by atoms with E-state index in [9.17, 15) is 9.59 Å². The molecule has 0 aliphatic carbocycles. The summed E-state index contributed by atoms with van der Waals surface area (Å²) < 4.78 is 10.8. The van der Waals surface area contributed by atoms with Crippen LogP contribution in [0.2, 0.25) is 0 Å². The Morgan fingerprint density at radius 3 is 2.27 bits per heavy atom. The summed E-state index contributed by atoms with van der Waals surface area (Å²) in [6.07, 6.45) is -0.0542. The molecule has 0 saturated carbocycles. The van der Waals surface area contributed by atoms with Crippen LogP contribution >= 0.6 is 0 Å². The molecule has 5 nitrogen and oxygen atoms in total. The van der Waals surface area contributed by atoms with E-state index < -0.39 is 6.10 Å². The fourth-order valence-corrected chi connectivity index (χ4v) is 2.40. The number of carbonyl (C=O) groups excluding carboxylic acids is 2. The first-order valence-corrected chi connectivity index (χ1v) is 8.76. The molecule has 0 spiro atoms. The van der Waals surface area contributed by atoms with Gasteiger partial charge in [-0.3, -0.25) is 4.79 Å². The topological polar surface area (TPSA) is 64.6 Å². The first kappa shape index (κ1) is 19.5.